The summed E-state index contributed by atoms with van der Waals surface area (Å²) in [5.74, 6) is -3.27. The second-order valence-electron chi connectivity index (χ2n) is 12.5. The van der Waals surface area contributed by atoms with E-state index < -0.39 is 52.2 Å². The molecule has 0 spiro atoms. The Morgan fingerprint density at radius 2 is 1.76 bits per heavy atom. The van der Waals surface area contributed by atoms with Gasteiger partial charge in [0.1, 0.15) is 28.7 Å². The summed E-state index contributed by atoms with van der Waals surface area (Å²) in [6.45, 7) is 12.0. The van der Waals surface area contributed by atoms with Crippen molar-refractivity contribution in [1.82, 2.24) is 20.3 Å². The minimum Gasteiger partial charge on any atom is -0.460 e. The van der Waals surface area contributed by atoms with E-state index in [4.69, 9.17) is 9.47 Å². The Bertz CT molecular complexity index is 1500. The van der Waals surface area contributed by atoms with Gasteiger partial charge in [-0.3, -0.25) is 29.5 Å². The minimum absolute atomic E-state index is 0.0213. The largest absolute Gasteiger partial charge is 0.460 e. The molecule has 0 bridgehead atoms. The summed E-state index contributed by atoms with van der Waals surface area (Å²) in [4.78, 5) is 74.3. The number of aromatic amines is 1. The third-order valence-electron chi connectivity index (χ3n) is 6.26. The van der Waals surface area contributed by atoms with Crippen molar-refractivity contribution in [2.24, 2.45) is 0 Å². The number of aromatic nitrogens is 3. The van der Waals surface area contributed by atoms with Crippen LogP contribution < -0.4 is 31.7 Å². The summed E-state index contributed by atoms with van der Waals surface area (Å²) < 4.78 is 25.7. The molecule has 5 N–H and O–H groups in total. The molecular weight excluding hydrogens is 591 g/mol. The number of pyridine rings is 1. The van der Waals surface area contributed by atoms with Gasteiger partial charge < -0.3 is 30.3 Å². The van der Waals surface area contributed by atoms with Crippen LogP contribution in [0.1, 0.15) is 71.7 Å². The van der Waals surface area contributed by atoms with Gasteiger partial charge in [0, 0.05) is 33.5 Å². The molecule has 2 aromatic heterocycles. The lowest BCUT2D eigenvalue weighted by atomic mass is 10.1. The second-order valence-corrected chi connectivity index (χ2v) is 12.5. The van der Waals surface area contributed by atoms with Gasteiger partial charge in [0.2, 0.25) is 17.8 Å². The van der Waals surface area contributed by atoms with Crippen molar-refractivity contribution in [2.45, 2.75) is 84.6 Å². The van der Waals surface area contributed by atoms with E-state index >= 15 is 4.39 Å². The number of anilines is 4. The Labute approximate surface area is 260 Å². The second kappa shape index (κ2) is 13.9. The number of amides is 2. The normalized spacial score (nSPS) is 15.2. The van der Waals surface area contributed by atoms with E-state index in [9.17, 15) is 24.0 Å². The fourth-order valence-corrected chi connectivity index (χ4v) is 4.32. The average Bonchev–Trinajstić information content (AvgIpc) is 2.88. The minimum atomic E-state index is -1.24. The number of hydrogen-bond donors (Lipinski definition) is 5. The number of carbonyl (C=O) groups excluding carboxylic acids is 4. The number of ether oxygens (including phenoxy) is 2. The number of esters is 2. The van der Waals surface area contributed by atoms with Crippen LogP contribution >= 0.6 is 0 Å². The topological polar surface area (TPSA) is 197 Å². The van der Waals surface area contributed by atoms with Crippen LogP contribution in [-0.2, 0) is 23.9 Å². The van der Waals surface area contributed by atoms with Crippen molar-refractivity contribution in [2.75, 3.05) is 41.0 Å². The fraction of sp³-hybridized carbons (Fsp3) is 0.552. The van der Waals surface area contributed by atoms with Gasteiger partial charge in [-0.05, 0) is 60.1 Å². The average molecular weight is 633 g/mol. The molecule has 0 saturated heterocycles. The first-order chi connectivity index (χ1) is 20.8. The van der Waals surface area contributed by atoms with Crippen LogP contribution in [0.25, 0.3) is 0 Å². The van der Waals surface area contributed by atoms with Gasteiger partial charge in [-0.15, -0.1) is 0 Å². The molecule has 0 saturated carbocycles. The van der Waals surface area contributed by atoms with E-state index in [1.165, 1.54) is 19.1 Å². The Hall–Kier alpha value is -4.76. The maximum absolute atomic E-state index is 15.0. The smallest absolute Gasteiger partial charge is 0.329 e. The molecule has 3 heterocycles. The maximum atomic E-state index is 15.0. The first kappa shape index (κ1) is 34.7. The van der Waals surface area contributed by atoms with Gasteiger partial charge in [-0.2, -0.15) is 9.37 Å². The summed E-state index contributed by atoms with van der Waals surface area (Å²) >= 11 is 0. The first-order valence-corrected chi connectivity index (χ1v) is 14.4. The highest BCUT2D eigenvalue weighted by atomic mass is 19.1. The summed E-state index contributed by atoms with van der Waals surface area (Å²) in [6.07, 6.45) is -0.304. The highest BCUT2D eigenvalue weighted by molar-refractivity contribution is 5.97. The molecule has 0 unspecified atom stereocenters. The van der Waals surface area contributed by atoms with Crippen LogP contribution in [0, 0.1) is 5.95 Å². The van der Waals surface area contributed by atoms with Gasteiger partial charge in [-0.1, -0.05) is 0 Å². The van der Waals surface area contributed by atoms with Crippen LogP contribution in [0.5, 0.6) is 0 Å². The number of H-pyrrole nitrogens is 1. The quantitative estimate of drug-likeness (QED) is 0.189. The SMILES string of the molecule is CC(=O)Nc1nc2c(c(=O)[nH]1)N(C)[C@@H](CNc1ccc(C(=O)N[C@@H](CCC(=O)OC(C)(C)C)C(=O)OC(C)(C)C)c(F)n1)CN2. The molecule has 1 aliphatic heterocycles. The molecule has 0 radical (unpaired) electrons. The number of rotatable bonds is 10. The summed E-state index contributed by atoms with van der Waals surface area (Å²) in [5, 5.41) is 10.9. The predicted octanol–water partition coefficient (Wildman–Crippen LogP) is 2.17. The van der Waals surface area contributed by atoms with Crippen LogP contribution in [0.2, 0.25) is 0 Å². The monoisotopic (exact) mass is 632 g/mol. The van der Waals surface area contributed by atoms with Crippen LogP contribution in [-0.4, -0.2) is 82.1 Å². The lowest BCUT2D eigenvalue weighted by Crippen LogP contribution is -2.48. The third-order valence-corrected chi connectivity index (χ3v) is 6.26. The Morgan fingerprint density at radius 1 is 1.09 bits per heavy atom. The molecule has 0 aliphatic carbocycles. The van der Waals surface area contributed by atoms with E-state index in [0.29, 0.717) is 12.4 Å². The predicted molar refractivity (Wildman–Crippen MR) is 165 cm³/mol. The maximum Gasteiger partial charge on any atom is 0.329 e. The highest BCUT2D eigenvalue weighted by Crippen LogP contribution is 2.25. The van der Waals surface area contributed by atoms with Crippen molar-refractivity contribution in [3.8, 4) is 0 Å². The Balaban J connectivity index is 1.67. The van der Waals surface area contributed by atoms with E-state index in [-0.39, 0.29) is 48.8 Å². The van der Waals surface area contributed by atoms with Gasteiger partial charge in [0.15, 0.2) is 5.82 Å². The van der Waals surface area contributed by atoms with Crippen molar-refractivity contribution >= 4 is 47.0 Å². The zero-order valence-electron chi connectivity index (χ0n) is 26.7. The zero-order chi connectivity index (χ0) is 33.7. The number of fused-ring (bicyclic) bond motifs is 1. The Morgan fingerprint density at radius 3 is 2.36 bits per heavy atom. The number of hydrogen-bond acceptors (Lipinski definition) is 12. The van der Waals surface area contributed by atoms with Crippen LogP contribution in [0.3, 0.4) is 0 Å². The number of carbonyl (C=O) groups is 4. The molecule has 16 heteroatoms. The summed E-state index contributed by atoms with van der Waals surface area (Å²) in [7, 11) is 1.70. The number of nitrogens with zero attached hydrogens (tertiary/aromatic N) is 3. The first-order valence-electron chi connectivity index (χ1n) is 14.4. The molecule has 2 atom stereocenters. The van der Waals surface area contributed by atoms with Crippen molar-refractivity contribution in [1.29, 1.82) is 0 Å². The van der Waals surface area contributed by atoms with Crippen molar-refractivity contribution < 1.29 is 33.0 Å². The molecule has 1 aliphatic rings. The van der Waals surface area contributed by atoms with Gasteiger partial charge in [-0.25, -0.2) is 9.78 Å². The number of likely N-dealkylation sites (N-methyl/N-ethyl adjacent to an activating group) is 1. The van der Waals surface area contributed by atoms with Gasteiger partial charge >= 0.3 is 11.9 Å². The molecule has 3 rings (SSSR count). The molecule has 45 heavy (non-hydrogen) atoms. The van der Waals surface area contributed by atoms with E-state index in [1.54, 1.807) is 53.5 Å². The molecule has 0 fully saturated rings. The third kappa shape index (κ3) is 10.1. The number of halogens is 1. The molecule has 2 aromatic rings. The lowest BCUT2D eigenvalue weighted by Gasteiger charge is -2.35. The molecule has 15 nitrogen and oxygen atoms in total. The van der Waals surface area contributed by atoms with Gasteiger partial charge in [0.25, 0.3) is 11.5 Å². The lowest BCUT2D eigenvalue weighted by molar-refractivity contribution is -0.158. The van der Waals surface area contributed by atoms with Gasteiger partial charge in [0.05, 0.1) is 11.6 Å². The fourth-order valence-electron chi connectivity index (χ4n) is 4.32. The summed E-state index contributed by atoms with van der Waals surface area (Å²) in [6, 6.07) is 1.10. The summed E-state index contributed by atoms with van der Waals surface area (Å²) in [5.41, 5.74) is -2.20. The Kier molecular flexibility index (Phi) is 10.7. The van der Waals surface area contributed by atoms with Crippen molar-refractivity contribution in [3.05, 3.63) is 34.0 Å². The van der Waals surface area contributed by atoms with E-state index in [0.717, 1.165) is 0 Å². The molecule has 2 amide bonds. The number of nitrogens with one attached hydrogen (secondary N) is 5. The van der Waals surface area contributed by atoms with E-state index in [2.05, 4.69) is 36.2 Å². The zero-order valence-corrected chi connectivity index (χ0v) is 26.7. The van der Waals surface area contributed by atoms with Crippen LogP contribution in [0.4, 0.5) is 27.7 Å². The molecule has 0 aromatic carbocycles. The highest BCUT2D eigenvalue weighted by Gasteiger charge is 2.30. The molecular formula is C29H41FN8O7. The van der Waals surface area contributed by atoms with E-state index in [1.807, 2.05) is 0 Å². The van der Waals surface area contributed by atoms with Crippen LogP contribution in [0.15, 0.2) is 16.9 Å². The standard InChI is InChI=1S/C29H41FN8O7/c1-15(39)33-27-36-23-21(25(42)37-27)38(8)16(14-32-23)13-31-19-11-9-17(22(30)35-19)24(41)34-18(26(43)45-29(5,6)7)10-12-20(40)44-28(2,3)4/h9,11,16,18H,10,12-14H2,1-8H3,(H,31,35)(H,34,41)(H3,32,33,36,37,39,42)/t16-,18-/m0/s1. The van der Waals surface area contributed by atoms with Crippen molar-refractivity contribution in [3.63, 3.8) is 0 Å². The molecule has 246 valence electrons.